The van der Waals surface area contributed by atoms with Gasteiger partial charge in [-0.05, 0) is 38.0 Å². The van der Waals surface area contributed by atoms with Gasteiger partial charge in [-0.1, -0.05) is 35.2 Å². The number of aliphatic hydroxyl groups is 1. The highest BCUT2D eigenvalue weighted by Crippen LogP contribution is 2.35. The van der Waals surface area contributed by atoms with Gasteiger partial charge in [-0.2, -0.15) is 0 Å². The number of aliphatic hydroxyl groups excluding tert-OH is 1. The molecule has 4 heteroatoms. The lowest BCUT2D eigenvalue weighted by Crippen LogP contribution is -2.40. The molecule has 1 saturated carbocycles. The van der Waals surface area contributed by atoms with Crippen molar-refractivity contribution in [3.63, 3.8) is 0 Å². The second-order valence-electron chi connectivity index (χ2n) is 5.99. The molecule has 1 atom stereocenters. The van der Waals surface area contributed by atoms with Crippen LogP contribution in [0.2, 0.25) is 0 Å². The average Bonchev–Trinajstić information content (AvgIpc) is 2.48. The van der Waals surface area contributed by atoms with Crippen molar-refractivity contribution in [2.24, 2.45) is 5.41 Å². The van der Waals surface area contributed by atoms with Crippen LogP contribution >= 0.6 is 15.9 Å². The normalized spacial score (nSPS) is 19.8. The quantitative estimate of drug-likeness (QED) is 0.840. The monoisotopic (exact) mass is 343 g/mol. The zero-order chi connectivity index (χ0) is 14.6. The maximum atomic E-state index is 13.9. The molecule has 0 bridgehead atoms. The number of nitrogens with one attached hydrogen (secondary N) is 1. The number of rotatable bonds is 5. The largest absolute Gasteiger partial charge is 0.396 e. The topological polar surface area (TPSA) is 32.3 Å². The number of hydrogen-bond donors (Lipinski definition) is 2. The molecule has 0 aromatic heterocycles. The first kappa shape index (κ1) is 15.9. The van der Waals surface area contributed by atoms with Gasteiger partial charge in [-0.15, -0.1) is 0 Å². The maximum absolute atomic E-state index is 13.9. The molecule has 112 valence electrons. The van der Waals surface area contributed by atoms with Crippen molar-refractivity contribution in [2.75, 3.05) is 13.2 Å². The van der Waals surface area contributed by atoms with E-state index >= 15 is 0 Å². The summed E-state index contributed by atoms with van der Waals surface area (Å²) in [6.45, 7) is 2.93. The second kappa shape index (κ2) is 7.01. The van der Waals surface area contributed by atoms with E-state index in [-0.39, 0.29) is 23.9 Å². The number of halogens is 2. The molecule has 0 amide bonds. The average molecular weight is 344 g/mol. The summed E-state index contributed by atoms with van der Waals surface area (Å²) < 4.78 is 14.7. The van der Waals surface area contributed by atoms with E-state index < -0.39 is 0 Å². The van der Waals surface area contributed by atoms with Crippen molar-refractivity contribution in [3.8, 4) is 0 Å². The van der Waals surface area contributed by atoms with E-state index in [1.165, 1.54) is 25.3 Å². The minimum Gasteiger partial charge on any atom is -0.396 e. The maximum Gasteiger partial charge on any atom is 0.128 e. The molecule has 20 heavy (non-hydrogen) atoms. The van der Waals surface area contributed by atoms with E-state index in [2.05, 4.69) is 21.2 Å². The van der Waals surface area contributed by atoms with Gasteiger partial charge in [0.05, 0.1) is 0 Å². The molecule has 1 unspecified atom stereocenters. The lowest BCUT2D eigenvalue weighted by atomic mass is 9.74. The molecule has 0 heterocycles. The molecule has 2 rings (SSSR count). The summed E-state index contributed by atoms with van der Waals surface area (Å²) in [5.41, 5.74) is 0.651. The predicted octanol–water partition coefficient (Wildman–Crippen LogP) is 4.18. The van der Waals surface area contributed by atoms with Crippen LogP contribution in [0, 0.1) is 11.2 Å². The summed E-state index contributed by atoms with van der Waals surface area (Å²) in [4.78, 5) is 0. The highest BCUT2D eigenvalue weighted by Gasteiger charge is 2.31. The van der Waals surface area contributed by atoms with E-state index in [0.29, 0.717) is 5.56 Å². The second-order valence-corrected chi connectivity index (χ2v) is 6.90. The fourth-order valence-corrected chi connectivity index (χ4v) is 3.40. The predicted molar refractivity (Wildman–Crippen MR) is 83.1 cm³/mol. The Labute approximate surface area is 128 Å². The van der Waals surface area contributed by atoms with Crippen molar-refractivity contribution >= 4 is 15.9 Å². The van der Waals surface area contributed by atoms with Crippen LogP contribution in [0.1, 0.15) is 50.6 Å². The number of hydrogen-bond acceptors (Lipinski definition) is 2. The summed E-state index contributed by atoms with van der Waals surface area (Å²) in [5, 5.41) is 13.1. The third-order valence-corrected chi connectivity index (χ3v) is 4.95. The molecule has 1 aromatic rings. The smallest absolute Gasteiger partial charge is 0.128 e. The minimum atomic E-state index is -0.185. The van der Waals surface area contributed by atoms with Gasteiger partial charge >= 0.3 is 0 Å². The fourth-order valence-electron chi connectivity index (χ4n) is 3.02. The molecular formula is C16H23BrFNO. The van der Waals surface area contributed by atoms with E-state index in [4.69, 9.17) is 0 Å². The van der Waals surface area contributed by atoms with Gasteiger partial charge in [0.25, 0.3) is 0 Å². The molecule has 0 saturated heterocycles. The summed E-state index contributed by atoms with van der Waals surface area (Å²) in [6.07, 6.45) is 5.75. The molecule has 0 spiro atoms. The Morgan fingerprint density at radius 1 is 1.35 bits per heavy atom. The van der Waals surface area contributed by atoms with E-state index in [1.807, 2.05) is 13.0 Å². The van der Waals surface area contributed by atoms with Crippen molar-refractivity contribution in [1.82, 2.24) is 5.32 Å². The lowest BCUT2D eigenvalue weighted by molar-refractivity contribution is 0.0787. The zero-order valence-electron chi connectivity index (χ0n) is 12.0. The summed E-state index contributed by atoms with van der Waals surface area (Å²) >= 11 is 3.38. The van der Waals surface area contributed by atoms with Crippen LogP contribution in [-0.4, -0.2) is 18.3 Å². The molecule has 1 fully saturated rings. The Bertz CT molecular complexity index is 446. The van der Waals surface area contributed by atoms with Crippen LogP contribution in [-0.2, 0) is 0 Å². The summed E-state index contributed by atoms with van der Waals surface area (Å²) in [5.74, 6) is -0.185. The van der Waals surface area contributed by atoms with E-state index in [1.54, 1.807) is 6.07 Å². The van der Waals surface area contributed by atoms with Crippen LogP contribution in [0.3, 0.4) is 0 Å². The molecule has 2 nitrogen and oxygen atoms in total. The van der Waals surface area contributed by atoms with Crippen molar-refractivity contribution in [3.05, 3.63) is 34.1 Å². The number of benzene rings is 1. The highest BCUT2D eigenvalue weighted by molar-refractivity contribution is 9.10. The molecule has 1 aliphatic rings. The molecular weight excluding hydrogens is 321 g/mol. The van der Waals surface area contributed by atoms with Crippen molar-refractivity contribution in [2.45, 2.75) is 45.1 Å². The molecule has 0 aliphatic heterocycles. The van der Waals surface area contributed by atoms with Gasteiger partial charge in [0.1, 0.15) is 5.82 Å². The first-order chi connectivity index (χ1) is 9.56. The van der Waals surface area contributed by atoms with Gasteiger partial charge in [-0.3, -0.25) is 0 Å². The Hall–Kier alpha value is -0.450. The summed E-state index contributed by atoms with van der Waals surface area (Å²) in [6, 6.07) is 4.96. The fraction of sp³-hybridized carbons (Fsp3) is 0.625. The first-order valence-corrected chi connectivity index (χ1v) is 8.15. The summed E-state index contributed by atoms with van der Waals surface area (Å²) in [7, 11) is 0. The van der Waals surface area contributed by atoms with Crippen LogP contribution in [0.25, 0.3) is 0 Å². The Morgan fingerprint density at radius 2 is 2.05 bits per heavy atom. The molecule has 2 N–H and O–H groups in total. The SMILES string of the molecule is CC(NCC1(CO)CCCCC1)c1cc(Br)ccc1F. The van der Waals surface area contributed by atoms with E-state index in [9.17, 15) is 9.50 Å². The van der Waals surface area contributed by atoms with Gasteiger partial charge in [0.15, 0.2) is 0 Å². The standard InChI is InChI=1S/C16H23BrFNO/c1-12(14-9-13(17)5-6-15(14)18)19-10-16(11-20)7-3-2-4-8-16/h5-6,9,12,19-20H,2-4,7-8,10-11H2,1H3. The van der Waals surface area contributed by atoms with Gasteiger partial charge in [0, 0.05) is 34.6 Å². The molecule has 1 aliphatic carbocycles. The lowest BCUT2D eigenvalue weighted by Gasteiger charge is -2.36. The molecule has 0 radical (unpaired) electrons. The first-order valence-electron chi connectivity index (χ1n) is 7.35. The Kier molecular flexibility index (Phi) is 5.58. The van der Waals surface area contributed by atoms with Gasteiger partial charge < -0.3 is 10.4 Å². The third-order valence-electron chi connectivity index (χ3n) is 4.46. The van der Waals surface area contributed by atoms with Crippen molar-refractivity contribution in [1.29, 1.82) is 0 Å². The highest BCUT2D eigenvalue weighted by atomic mass is 79.9. The molecule has 1 aromatic carbocycles. The van der Waals surface area contributed by atoms with Crippen LogP contribution in [0.15, 0.2) is 22.7 Å². The minimum absolute atomic E-state index is 0.0189. The van der Waals surface area contributed by atoms with Gasteiger partial charge in [-0.25, -0.2) is 4.39 Å². The third kappa shape index (κ3) is 3.80. The van der Waals surface area contributed by atoms with Crippen molar-refractivity contribution < 1.29 is 9.50 Å². The Balaban J connectivity index is 2.00. The zero-order valence-corrected chi connectivity index (χ0v) is 13.5. The van der Waals surface area contributed by atoms with E-state index in [0.717, 1.165) is 23.9 Å². The Morgan fingerprint density at radius 3 is 2.70 bits per heavy atom. The van der Waals surface area contributed by atoms with Crippen LogP contribution in [0.5, 0.6) is 0 Å². The van der Waals surface area contributed by atoms with Crippen LogP contribution in [0.4, 0.5) is 4.39 Å². The van der Waals surface area contributed by atoms with Crippen LogP contribution < -0.4 is 5.32 Å². The van der Waals surface area contributed by atoms with Gasteiger partial charge in [0.2, 0.25) is 0 Å².